The van der Waals surface area contributed by atoms with E-state index in [1.165, 1.54) is 0 Å². The molecule has 1 aliphatic rings. The molecule has 1 aliphatic heterocycles. The number of aromatic nitrogens is 1. The zero-order valence-electron chi connectivity index (χ0n) is 19.2. The molecule has 0 radical (unpaired) electrons. The van der Waals surface area contributed by atoms with E-state index in [0.717, 1.165) is 28.1 Å². The van der Waals surface area contributed by atoms with Crippen LogP contribution in [-0.2, 0) is 11.3 Å². The second-order valence-corrected chi connectivity index (χ2v) is 8.74. The quantitative estimate of drug-likeness (QED) is 0.561. The number of hydrogen-bond donors (Lipinski definition) is 1. The lowest BCUT2D eigenvalue weighted by Crippen LogP contribution is -2.48. The van der Waals surface area contributed by atoms with Crippen molar-refractivity contribution in [2.45, 2.75) is 33.4 Å². The van der Waals surface area contributed by atoms with Crippen molar-refractivity contribution in [2.24, 2.45) is 0 Å². The molecule has 172 valence electrons. The Kier molecular flexibility index (Phi) is 6.75. The summed E-state index contributed by atoms with van der Waals surface area (Å²) in [5.41, 5.74) is 4.78. The predicted octanol–water partition coefficient (Wildman–Crippen LogP) is 5.24. The highest BCUT2D eigenvalue weighted by atomic mass is 35.5. The minimum absolute atomic E-state index is 0.00510. The Hall–Kier alpha value is -3.25. The van der Waals surface area contributed by atoms with Crippen LogP contribution in [-0.4, -0.2) is 45.9 Å². The van der Waals surface area contributed by atoms with Gasteiger partial charge in [-0.2, -0.15) is 0 Å². The first kappa shape index (κ1) is 22.9. The van der Waals surface area contributed by atoms with Crippen molar-refractivity contribution in [3.8, 4) is 0 Å². The molecule has 0 bridgehead atoms. The molecular weight excluding hydrogens is 436 g/mol. The maximum atomic E-state index is 13.5. The van der Waals surface area contributed by atoms with Crippen molar-refractivity contribution in [1.82, 2.24) is 14.4 Å². The van der Waals surface area contributed by atoms with Crippen LogP contribution in [0.4, 0.5) is 10.5 Å². The summed E-state index contributed by atoms with van der Waals surface area (Å²) in [6.07, 6.45) is 2.02. The number of rotatable bonds is 5. The van der Waals surface area contributed by atoms with Crippen molar-refractivity contribution < 1.29 is 9.59 Å². The number of benzene rings is 2. The van der Waals surface area contributed by atoms with Gasteiger partial charge in [0.05, 0.1) is 6.04 Å². The fourth-order valence-electron chi connectivity index (χ4n) is 4.34. The Morgan fingerprint density at radius 1 is 1.06 bits per heavy atom. The molecule has 2 heterocycles. The van der Waals surface area contributed by atoms with Crippen LogP contribution in [0.1, 0.15) is 35.3 Å². The highest BCUT2D eigenvalue weighted by Gasteiger charge is 2.34. The van der Waals surface area contributed by atoms with Gasteiger partial charge in [-0.1, -0.05) is 41.9 Å². The van der Waals surface area contributed by atoms with Crippen LogP contribution < -0.4 is 5.32 Å². The monoisotopic (exact) mass is 464 g/mol. The van der Waals surface area contributed by atoms with Gasteiger partial charge in [-0.3, -0.25) is 4.79 Å². The molecule has 7 heteroatoms. The van der Waals surface area contributed by atoms with E-state index in [-0.39, 0.29) is 24.5 Å². The molecule has 0 fully saturated rings. The van der Waals surface area contributed by atoms with Gasteiger partial charge < -0.3 is 19.7 Å². The maximum Gasteiger partial charge on any atom is 0.322 e. The first-order valence-electron chi connectivity index (χ1n) is 11.2. The van der Waals surface area contributed by atoms with Gasteiger partial charge in [-0.15, -0.1) is 0 Å². The Labute approximate surface area is 199 Å². The van der Waals surface area contributed by atoms with Crippen LogP contribution in [0.15, 0.2) is 60.8 Å². The molecule has 1 unspecified atom stereocenters. The van der Waals surface area contributed by atoms with Crippen molar-refractivity contribution >= 4 is 29.2 Å². The number of aryl methyl sites for hydroxylation is 1. The third-order valence-corrected chi connectivity index (χ3v) is 6.74. The van der Waals surface area contributed by atoms with Gasteiger partial charge in [0.1, 0.15) is 6.54 Å². The lowest BCUT2D eigenvalue weighted by atomic mass is 9.99. The summed E-state index contributed by atoms with van der Waals surface area (Å²) in [5, 5.41) is 3.59. The third-order valence-electron chi connectivity index (χ3n) is 6.40. The van der Waals surface area contributed by atoms with E-state index >= 15 is 0 Å². The Balaban J connectivity index is 1.56. The van der Waals surface area contributed by atoms with E-state index in [1.807, 2.05) is 86.5 Å². The first-order valence-corrected chi connectivity index (χ1v) is 11.6. The lowest BCUT2D eigenvalue weighted by Gasteiger charge is -2.38. The molecule has 3 aromatic rings. The third kappa shape index (κ3) is 4.62. The number of carbonyl (C=O) groups excluding carboxylic acids is 2. The fourth-order valence-corrected chi connectivity index (χ4v) is 4.58. The van der Waals surface area contributed by atoms with E-state index < -0.39 is 0 Å². The summed E-state index contributed by atoms with van der Waals surface area (Å²) in [4.78, 5) is 29.9. The van der Waals surface area contributed by atoms with Crippen molar-refractivity contribution in [3.05, 3.63) is 88.2 Å². The van der Waals surface area contributed by atoms with Gasteiger partial charge in [-0.05, 0) is 61.7 Å². The summed E-state index contributed by atoms with van der Waals surface area (Å²) in [7, 11) is 0. The summed E-state index contributed by atoms with van der Waals surface area (Å²) < 4.78 is 2.16. The average molecular weight is 465 g/mol. The summed E-state index contributed by atoms with van der Waals surface area (Å²) in [6.45, 7) is 7.53. The van der Waals surface area contributed by atoms with Gasteiger partial charge in [0.25, 0.3) is 0 Å². The fraction of sp³-hybridized carbons (Fsp3) is 0.308. The smallest absolute Gasteiger partial charge is 0.322 e. The predicted molar refractivity (Wildman–Crippen MR) is 132 cm³/mol. The molecule has 0 saturated carbocycles. The molecule has 4 rings (SSSR count). The zero-order valence-corrected chi connectivity index (χ0v) is 20.0. The summed E-state index contributed by atoms with van der Waals surface area (Å²) in [6, 6.07) is 16.9. The van der Waals surface area contributed by atoms with Crippen LogP contribution in [0.2, 0.25) is 5.02 Å². The topological polar surface area (TPSA) is 57.6 Å². The molecule has 0 aliphatic carbocycles. The molecule has 2 aromatic carbocycles. The lowest BCUT2D eigenvalue weighted by molar-refractivity contribution is -0.134. The SMILES string of the molecule is CCN(CC(=O)N1CCn2cccc2C1c1ccccc1Cl)C(=O)Nc1cccc(C)c1C. The minimum Gasteiger partial charge on any atom is -0.348 e. The van der Waals surface area contributed by atoms with Crippen LogP contribution in [0.5, 0.6) is 0 Å². The Morgan fingerprint density at radius 3 is 2.61 bits per heavy atom. The maximum absolute atomic E-state index is 13.5. The average Bonchev–Trinajstić information content (AvgIpc) is 3.29. The summed E-state index contributed by atoms with van der Waals surface area (Å²) in [5.74, 6) is -0.106. The molecule has 1 aromatic heterocycles. The number of urea groups is 1. The Morgan fingerprint density at radius 2 is 1.85 bits per heavy atom. The highest BCUT2D eigenvalue weighted by Crippen LogP contribution is 2.36. The number of anilines is 1. The highest BCUT2D eigenvalue weighted by molar-refractivity contribution is 6.31. The van der Waals surface area contributed by atoms with Gasteiger partial charge in [0, 0.05) is 42.2 Å². The van der Waals surface area contributed by atoms with E-state index in [1.54, 1.807) is 4.90 Å². The zero-order chi connectivity index (χ0) is 23.5. The molecule has 1 N–H and O–H groups in total. The minimum atomic E-state index is -0.296. The number of fused-ring (bicyclic) bond motifs is 1. The van der Waals surface area contributed by atoms with Gasteiger partial charge >= 0.3 is 6.03 Å². The van der Waals surface area contributed by atoms with E-state index in [9.17, 15) is 9.59 Å². The van der Waals surface area contributed by atoms with Gasteiger partial charge in [0.2, 0.25) is 5.91 Å². The summed E-state index contributed by atoms with van der Waals surface area (Å²) >= 11 is 6.54. The van der Waals surface area contributed by atoms with Crippen molar-refractivity contribution in [1.29, 1.82) is 0 Å². The van der Waals surface area contributed by atoms with Crippen LogP contribution in [0.3, 0.4) is 0 Å². The largest absolute Gasteiger partial charge is 0.348 e. The molecule has 33 heavy (non-hydrogen) atoms. The normalized spacial score (nSPS) is 15.2. The number of amides is 3. The van der Waals surface area contributed by atoms with Gasteiger partial charge in [0.15, 0.2) is 0 Å². The Bertz CT molecular complexity index is 1170. The number of nitrogens with one attached hydrogen (secondary N) is 1. The number of likely N-dealkylation sites (N-methyl/N-ethyl adjacent to an activating group) is 1. The molecule has 1 atom stereocenters. The van der Waals surface area contributed by atoms with Crippen LogP contribution in [0.25, 0.3) is 0 Å². The van der Waals surface area contributed by atoms with Gasteiger partial charge in [-0.25, -0.2) is 4.79 Å². The standard InChI is InChI=1S/C26H29ClN4O2/c1-4-29(26(33)28-22-12-7-9-18(2)19(22)3)17-24(32)31-16-15-30-14-8-13-23(30)25(31)20-10-5-6-11-21(20)27/h5-14,25H,4,15-17H2,1-3H3,(H,28,33). The van der Waals surface area contributed by atoms with Crippen molar-refractivity contribution in [3.63, 3.8) is 0 Å². The molecule has 0 spiro atoms. The molecule has 6 nitrogen and oxygen atoms in total. The second kappa shape index (κ2) is 9.71. The second-order valence-electron chi connectivity index (χ2n) is 8.33. The molecule has 0 saturated heterocycles. The number of hydrogen-bond acceptors (Lipinski definition) is 2. The molecule has 3 amide bonds. The van der Waals surface area contributed by atoms with Crippen LogP contribution >= 0.6 is 11.6 Å². The first-order chi connectivity index (χ1) is 15.9. The molecular formula is C26H29ClN4O2. The number of carbonyl (C=O) groups is 2. The number of nitrogens with zero attached hydrogens (tertiary/aromatic N) is 3. The van der Waals surface area contributed by atoms with Crippen LogP contribution in [0, 0.1) is 13.8 Å². The number of halogens is 1. The van der Waals surface area contributed by atoms with E-state index in [2.05, 4.69) is 9.88 Å². The van der Waals surface area contributed by atoms with Crippen molar-refractivity contribution in [2.75, 3.05) is 25.0 Å². The van der Waals surface area contributed by atoms with E-state index in [4.69, 9.17) is 11.6 Å². The van der Waals surface area contributed by atoms with E-state index in [0.29, 0.717) is 24.7 Å².